The van der Waals surface area contributed by atoms with Gasteiger partial charge in [0.15, 0.2) is 11.6 Å². The van der Waals surface area contributed by atoms with Crippen LogP contribution in [0.15, 0.2) is 54.7 Å². The number of benzene rings is 1. The zero-order valence-corrected chi connectivity index (χ0v) is 12.9. The largest absolute Gasteiger partial charge is 0.494 e. The molecule has 0 aliphatic heterocycles. The molecule has 0 aliphatic carbocycles. The Kier molecular flexibility index (Phi) is 4.39. The van der Waals surface area contributed by atoms with Crippen LogP contribution in [0.3, 0.4) is 0 Å². The monoisotopic (exact) mass is 330 g/mol. The number of hydrogen-bond acceptors (Lipinski definition) is 4. The average Bonchev–Trinajstić information content (AvgIpc) is 2.57. The summed E-state index contributed by atoms with van der Waals surface area (Å²) in [6.07, 6.45) is 1.49. The lowest BCUT2D eigenvalue weighted by atomic mass is 10.1. The fraction of sp³-hybridized carbons (Fsp3) is 0.0588. The van der Waals surface area contributed by atoms with Crippen molar-refractivity contribution in [2.75, 3.05) is 7.11 Å². The van der Waals surface area contributed by atoms with Crippen LogP contribution in [0.2, 0.25) is 5.15 Å². The Morgan fingerprint density at radius 1 is 1.04 bits per heavy atom. The zero-order chi connectivity index (χ0) is 16.2. The molecule has 0 spiro atoms. The second kappa shape index (κ2) is 6.62. The van der Waals surface area contributed by atoms with Crippen molar-refractivity contribution >= 4 is 11.6 Å². The van der Waals surface area contributed by atoms with Crippen LogP contribution in [0, 0.1) is 5.82 Å². The molecular formula is C17H12ClFN2O2. The van der Waals surface area contributed by atoms with Gasteiger partial charge in [0.1, 0.15) is 10.9 Å². The van der Waals surface area contributed by atoms with Crippen molar-refractivity contribution < 1.29 is 13.9 Å². The minimum absolute atomic E-state index is 0.164. The molecule has 116 valence electrons. The summed E-state index contributed by atoms with van der Waals surface area (Å²) < 4.78 is 24.9. The highest BCUT2D eigenvalue weighted by Crippen LogP contribution is 2.29. The van der Waals surface area contributed by atoms with Crippen molar-refractivity contribution in [1.29, 1.82) is 0 Å². The van der Waals surface area contributed by atoms with Gasteiger partial charge in [0.25, 0.3) is 0 Å². The quantitative estimate of drug-likeness (QED) is 0.648. The van der Waals surface area contributed by atoms with E-state index in [9.17, 15) is 4.39 Å². The van der Waals surface area contributed by atoms with Gasteiger partial charge in [-0.25, -0.2) is 14.4 Å². The van der Waals surface area contributed by atoms with Crippen LogP contribution >= 0.6 is 11.6 Å². The maximum atomic E-state index is 14.3. The lowest BCUT2D eigenvalue weighted by molar-refractivity contribution is 0.387. The number of aromatic nitrogens is 2. The first-order valence-electron chi connectivity index (χ1n) is 6.76. The van der Waals surface area contributed by atoms with Gasteiger partial charge >= 0.3 is 0 Å². The van der Waals surface area contributed by atoms with E-state index in [1.807, 2.05) is 0 Å². The average molecular weight is 331 g/mol. The topological polar surface area (TPSA) is 44.2 Å². The van der Waals surface area contributed by atoms with Gasteiger partial charge in [-0.1, -0.05) is 23.7 Å². The minimum Gasteiger partial charge on any atom is -0.494 e. The van der Waals surface area contributed by atoms with Gasteiger partial charge < -0.3 is 9.47 Å². The van der Waals surface area contributed by atoms with E-state index in [1.54, 1.807) is 48.5 Å². The standard InChI is InChI=1S/C17H12ClFN2O2/c1-22-14-6-2-4-12(17(14)19)13-5-3-7-16(21-13)23-11-8-9-15(18)20-10-11/h2-10H,1H3. The van der Waals surface area contributed by atoms with Crippen LogP contribution in [0.1, 0.15) is 0 Å². The fourth-order valence-electron chi connectivity index (χ4n) is 2.03. The summed E-state index contributed by atoms with van der Waals surface area (Å²) in [4.78, 5) is 8.25. The molecule has 4 nitrogen and oxygen atoms in total. The summed E-state index contributed by atoms with van der Waals surface area (Å²) in [5.74, 6) is 0.518. The lowest BCUT2D eigenvalue weighted by Gasteiger charge is -2.09. The second-order valence-corrected chi connectivity index (χ2v) is 4.99. The summed E-state index contributed by atoms with van der Waals surface area (Å²) >= 11 is 5.73. The molecule has 0 atom stereocenters. The fourth-order valence-corrected chi connectivity index (χ4v) is 2.14. The summed E-state index contributed by atoms with van der Waals surface area (Å²) in [7, 11) is 1.42. The van der Waals surface area contributed by atoms with E-state index in [0.29, 0.717) is 28.0 Å². The summed E-state index contributed by atoms with van der Waals surface area (Å²) in [5, 5.41) is 0.373. The zero-order valence-electron chi connectivity index (χ0n) is 12.2. The molecule has 23 heavy (non-hydrogen) atoms. The molecule has 2 aromatic heterocycles. The van der Waals surface area contributed by atoms with E-state index in [-0.39, 0.29) is 5.75 Å². The van der Waals surface area contributed by atoms with Crippen LogP contribution in [-0.4, -0.2) is 17.1 Å². The summed E-state index contributed by atoms with van der Waals surface area (Å²) in [5.41, 5.74) is 0.782. The SMILES string of the molecule is COc1cccc(-c2cccc(Oc3ccc(Cl)nc3)n2)c1F. The first-order valence-corrected chi connectivity index (χ1v) is 7.14. The van der Waals surface area contributed by atoms with Crippen molar-refractivity contribution in [2.45, 2.75) is 0 Å². The van der Waals surface area contributed by atoms with Crippen LogP contribution in [-0.2, 0) is 0 Å². The highest BCUT2D eigenvalue weighted by atomic mass is 35.5. The van der Waals surface area contributed by atoms with Crippen molar-refractivity contribution in [3.63, 3.8) is 0 Å². The highest BCUT2D eigenvalue weighted by Gasteiger charge is 2.12. The van der Waals surface area contributed by atoms with Crippen molar-refractivity contribution in [2.24, 2.45) is 0 Å². The van der Waals surface area contributed by atoms with Crippen LogP contribution in [0.5, 0.6) is 17.4 Å². The number of methoxy groups -OCH3 is 1. The first kappa shape index (κ1) is 15.2. The Labute approximate surface area is 137 Å². The van der Waals surface area contributed by atoms with E-state index < -0.39 is 5.82 Å². The molecular weight excluding hydrogens is 319 g/mol. The third-order valence-electron chi connectivity index (χ3n) is 3.11. The molecule has 0 saturated heterocycles. The normalized spacial score (nSPS) is 10.4. The lowest BCUT2D eigenvalue weighted by Crippen LogP contribution is -1.94. The third-order valence-corrected chi connectivity index (χ3v) is 3.33. The maximum Gasteiger partial charge on any atom is 0.219 e. The third kappa shape index (κ3) is 3.40. The van der Waals surface area contributed by atoms with E-state index >= 15 is 0 Å². The molecule has 3 aromatic rings. The molecule has 2 heterocycles. The minimum atomic E-state index is -0.465. The molecule has 0 aliphatic rings. The summed E-state index contributed by atoms with van der Waals surface area (Å²) in [6.45, 7) is 0. The van der Waals surface area contributed by atoms with Gasteiger partial charge in [0.2, 0.25) is 5.88 Å². The molecule has 3 rings (SSSR count). The van der Waals surface area contributed by atoms with Crippen molar-refractivity contribution in [3.05, 3.63) is 65.7 Å². The van der Waals surface area contributed by atoms with Gasteiger partial charge in [0.05, 0.1) is 19.0 Å². The Hall–Kier alpha value is -2.66. The van der Waals surface area contributed by atoms with Crippen LogP contribution < -0.4 is 9.47 Å². The second-order valence-electron chi connectivity index (χ2n) is 4.60. The van der Waals surface area contributed by atoms with Gasteiger partial charge in [-0.3, -0.25) is 0 Å². The van der Waals surface area contributed by atoms with Gasteiger partial charge in [-0.2, -0.15) is 0 Å². The summed E-state index contributed by atoms with van der Waals surface area (Å²) in [6, 6.07) is 13.3. The Morgan fingerprint density at radius 2 is 1.87 bits per heavy atom. The van der Waals surface area contributed by atoms with Crippen molar-refractivity contribution in [3.8, 4) is 28.6 Å². The van der Waals surface area contributed by atoms with Crippen LogP contribution in [0.4, 0.5) is 4.39 Å². The Morgan fingerprint density at radius 3 is 2.61 bits per heavy atom. The number of pyridine rings is 2. The molecule has 0 unspecified atom stereocenters. The molecule has 0 saturated carbocycles. The molecule has 0 N–H and O–H groups in total. The Bertz CT molecular complexity index is 825. The number of hydrogen-bond donors (Lipinski definition) is 0. The van der Waals surface area contributed by atoms with Crippen LogP contribution in [0.25, 0.3) is 11.3 Å². The maximum absolute atomic E-state index is 14.3. The van der Waals surface area contributed by atoms with E-state index in [0.717, 1.165) is 0 Å². The molecule has 0 radical (unpaired) electrons. The van der Waals surface area contributed by atoms with E-state index in [1.165, 1.54) is 13.3 Å². The Balaban J connectivity index is 1.92. The van der Waals surface area contributed by atoms with E-state index in [4.69, 9.17) is 21.1 Å². The molecule has 1 aromatic carbocycles. The smallest absolute Gasteiger partial charge is 0.219 e. The van der Waals surface area contributed by atoms with Crippen molar-refractivity contribution in [1.82, 2.24) is 9.97 Å². The molecule has 0 fully saturated rings. The predicted molar refractivity (Wildman–Crippen MR) is 85.5 cm³/mol. The van der Waals surface area contributed by atoms with Gasteiger partial charge in [0, 0.05) is 11.6 Å². The number of rotatable bonds is 4. The highest BCUT2D eigenvalue weighted by molar-refractivity contribution is 6.29. The molecule has 0 bridgehead atoms. The van der Waals surface area contributed by atoms with Gasteiger partial charge in [-0.05, 0) is 30.3 Å². The predicted octanol–water partition coefficient (Wildman–Crippen LogP) is 4.74. The molecule has 0 amide bonds. The number of ether oxygens (including phenoxy) is 2. The molecule has 6 heteroatoms. The number of nitrogens with zero attached hydrogens (tertiary/aromatic N) is 2. The van der Waals surface area contributed by atoms with E-state index in [2.05, 4.69) is 9.97 Å². The number of halogens is 2. The van der Waals surface area contributed by atoms with Gasteiger partial charge in [-0.15, -0.1) is 0 Å². The first-order chi connectivity index (χ1) is 11.2.